The number of rotatable bonds is 4. The monoisotopic (exact) mass is 346 g/mol. The molecule has 0 radical (unpaired) electrons. The molecule has 6 heteroatoms. The highest BCUT2D eigenvalue weighted by molar-refractivity contribution is 9.10. The molecule has 3 rings (SSSR count). The highest BCUT2D eigenvalue weighted by Gasteiger charge is 2.21. The molecule has 0 saturated heterocycles. The molecular formula is C15H15BrN4O. The van der Waals surface area contributed by atoms with Crippen molar-refractivity contribution in [1.82, 2.24) is 19.7 Å². The van der Waals surface area contributed by atoms with E-state index in [1.54, 1.807) is 17.1 Å². The van der Waals surface area contributed by atoms with Gasteiger partial charge in [-0.3, -0.25) is 9.67 Å². The second-order valence-electron chi connectivity index (χ2n) is 4.79. The summed E-state index contributed by atoms with van der Waals surface area (Å²) >= 11 is 3.44. The third kappa shape index (κ3) is 2.69. The van der Waals surface area contributed by atoms with Gasteiger partial charge in [0.05, 0.1) is 39.3 Å². The summed E-state index contributed by atoms with van der Waals surface area (Å²) in [6, 6.07) is 7.61. The number of aliphatic hydroxyl groups excluding tert-OH is 1. The van der Waals surface area contributed by atoms with Gasteiger partial charge < -0.3 is 5.11 Å². The van der Waals surface area contributed by atoms with Crippen LogP contribution < -0.4 is 0 Å². The van der Waals surface area contributed by atoms with Crippen molar-refractivity contribution in [3.05, 3.63) is 52.5 Å². The summed E-state index contributed by atoms with van der Waals surface area (Å²) < 4.78 is 2.57. The molecule has 1 atom stereocenters. The zero-order valence-corrected chi connectivity index (χ0v) is 13.2. The Morgan fingerprint density at radius 1 is 1.24 bits per heavy atom. The topological polar surface area (TPSA) is 63.8 Å². The summed E-state index contributed by atoms with van der Waals surface area (Å²) in [6.45, 7) is 2.82. The van der Waals surface area contributed by atoms with Gasteiger partial charge in [0.25, 0.3) is 0 Å². The fourth-order valence-electron chi connectivity index (χ4n) is 2.28. The van der Waals surface area contributed by atoms with Crippen molar-refractivity contribution in [2.75, 3.05) is 0 Å². The maximum atomic E-state index is 10.6. The molecule has 0 aliphatic heterocycles. The van der Waals surface area contributed by atoms with Crippen molar-refractivity contribution in [3.63, 3.8) is 0 Å². The summed E-state index contributed by atoms with van der Waals surface area (Å²) in [7, 11) is 0. The van der Waals surface area contributed by atoms with Gasteiger partial charge >= 0.3 is 0 Å². The molecule has 2 heterocycles. The number of benzene rings is 1. The van der Waals surface area contributed by atoms with Crippen LogP contribution in [0, 0.1) is 0 Å². The van der Waals surface area contributed by atoms with Crippen LogP contribution in [-0.2, 0) is 6.54 Å². The van der Waals surface area contributed by atoms with Gasteiger partial charge in [-0.25, -0.2) is 4.98 Å². The van der Waals surface area contributed by atoms with E-state index in [1.165, 1.54) is 0 Å². The Bertz CT molecular complexity index is 771. The van der Waals surface area contributed by atoms with E-state index in [-0.39, 0.29) is 0 Å². The van der Waals surface area contributed by atoms with Crippen LogP contribution in [0.15, 0.2) is 41.1 Å². The van der Waals surface area contributed by atoms with Gasteiger partial charge in [0, 0.05) is 6.54 Å². The average Bonchev–Trinajstić information content (AvgIpc) is 2.87. The molecule has 0 bridgehead atoms. The molecule has 0 fully saturated rings. The lowest BCUT2D eigenvalue weighted by Gasteiger charge is -2.13. The van der Waals surface area contributed by atoms with E-state index in [0.29, 0.717) is 11.4 Å². The number of aromatic nitrogens is 4. The third-order valence-electron chi connectivity index (χ3n) is 3.27. The summed E-state index contributed by atoms with van der Waals surface area (Å²) in [5.41, 5.74) is 2.81. The quantitative estimate of drug-likeness (QED) is 0.788. The fourth-order valence-corrected chi connectivity index (χ4v) is 2.79. The molecule has 2 aromatic heterocycles. The molecule has 0 amide bonds. The van der Waals surface area contributed by atoms with E-state index in [9.17, 15) is 5.11 Å². The Balaban J connectivity index is 2.03. The molecule has 0 aliphatic carbocycles. The first kappa shape index (κ1) is 14.2. The Kier molecular flexibility index (Phi) is 3.98. The first-order chi connectivity index (χ1) is 10.2. The number of nitrogens with zero attached hydrogens (tertiary/aromatic N) is 4. The van der Waals surface area contributed by atoms with Crippen molar-refractivity contribution in [2.24, 2.45) is 0 Å². The predicted octanol–water partition coefficient (Wildman–Crippen LogP) is 3.08. The van der Waals surface area contributed by atoms with Gasteiger partial charge in [-0.15, -0.1) is 0 Å². The molecular weight excluding hydrogens is 332 g/mol. The van der Waals surface area contributed by atoms with Crippen molar-refractivity contribution in [1.29, 1.82) is 0 Å². The van der Waals surface area contributed by atoms with Crippen LogP contribution in [-0.4, -0.2) is 24.9 Å². The standard InChI is InChI=1S/C15H15BrN4O/c1-2-7-20-14(10(16)8-18-20)15(21)13-9-17-11-5-3-4-6-12(11)19-13/h3-6,8-9,15,21H,2,7H2,1H3. The number of aliphatic hydroxyl groups is 1. The number of para-hydroxylation sites is 2. The van der Waals surface area contributed by atoms with E-state index >= 15 is 0 Å². The molecule has 108 valence electrons. The summed E-state index contributed by atoms with van der Waals surface area (Å²) in [6.07, 6.45) is 3.40. The van der Waals surface area contributed by atoms with Gasteiger partial charge in [0.1, 0.15) is 6.10 Å². The highest BCUT2D eigenvalue weighted by atomic mass is 79.9. The van der Waals surface area contributed by atoms with Crippen LogP contribution >= 0.6 is 15.9 Å². The summed E-state index contributed by atoms with van der Waals surface area (Å²) in [5, 5.41) is 14.9. The van der Waals surface area contributed by atoms with Crippen molar-refractivity contribution in [3.8, 4) is 0 Å². The number of hydrogen-bond donors (Lipinski definition) is 1. The summed E-state index contributed by atoms with van der Waals surface area (Å²) in [4.78, 5) is 8.85. The lowest BCUT2D eigenvalue weighted by molar-refractivity contribution is 0.201. The minimum atomic E-state index is -0.856. The van der Waals surface area contributed by atoms with E-state index in [4.69, 9.17) is 0 Å². The number of halogens is 1. The van der Waals surface area contributed by atoms with E-state index < -0.39 is 6.10 Å². The van der Waals surface area contributed by atoms with Gasteiger partial charge in [-0.1, -0.05) is 19.1 Å². The molecule has 3 aromatic rings. The molecule has 0 saturated carbocycles. The van der Waals surface area contributed by atoms with Crippen molar-refractivity contribution < 1.29 is 5.11 Å². The third-order valence-corrected chi connectivity index (χ3v) is 3.89. The van der Waals surface area contributed by atoms with Crippen LogP contribution in [0.5, 0.6) is 0 Å². The maximum Gasteiger partial charge on any atom is 0.140 e. The van der Waals surface area contributed by atoms with E-state index in [2.05, 4.69) is 37.9 Å². The van der Waals surface area contributed by atoms with Crippen LogP contribution in [0.25, 0.3) is 11.0 Å². The smallest absolute Gasteiger partial charge is 0.140 e. The lowest BCUT2D eigenvalue weighted by Crippen LogP contribution is -2.12. The molecule has 1 unspecified atom stereocenters. The molecule has 5 nitrogen and oxygen atoms in total. The zero-order chi connectivity index (χ0) is 14.8. The summed E-state index contributed by atoms with van der Waals surface area (Å²) in [5.74, 6) is 0. The Hall–Kier alpha value is -1.79. The fraction of sp³-hybridized carbons (Fsp3) is 0.267. The average molecular weight is 347 g/mol. The zero-order valence-electron chi connectivity index (χ0n) is 11.6. The van der Waals surface area contributed by atoms with Crippen LogP contribution in [0.1, 0.15) is 30.8 Å². The predicted molar refractivity (Wildman–Crippen MR) is 83.8 cm³/mol. The Morgan fingerprint density at radius 3 is 2.76 bits per heavy atom. The van der Waals surface area contributed by atoms with E-state index in [0.717, 1.165) is 28.5 Å². The number of aryl methyl sites for hydroxylation is 1. The minimum absolute atomic E-state index is 0.521. The van der Waals surface area contributed by atoms with Crippen LogP contribution in [0.4, 0.5) is 0 Å². The number of hydrogen-bond acceptors (Lipinski definition) is 4. The van der Waals surface area contributed by atoms with E-state index in [1.807, 2.05) is 24.3 Å². The second kappa shape index (κ2) is 5.91. The highest BCUT2D eigenvalue weighted by Crippen LogP contribution is 2.28. The maximum absolute atomic E-state index is 10.6. The first-order valence-electron chi connectivity index (χ1n) is 6.81. The minimum Gasteiger partial charge on any atom is -0.380 e. The second-order valence-corrected chi connectivity index (χ2v) is 5.64. The van der Waals surface area contributed by atoms with Crippen LogP contribution in [0.3, 0.4) is 0 Å². The van der Waals surface area contributed by atoms with Gasteiger partial charge in [0.2, 0.25) is 0 Å². The normalized spacial score (nSPS) is 12.7. The Morgan fingerprint density at radius 2 is 2.00 bits per heavy atom. The van der Waals surface area contributed by atoms with Crippen LogP contribution in [0.2, 0.25) is 0 Å². The van der Waals surface area contributed by atoms with Gasteiger partial charge in [-0.05, 0) is 34.5 Å². The number of fused-ring (bicyclic) bond motifs is 1. The molecule has 1 N–H and O–H groups in total. The Labute approximate surface area is 130 Å². The lowest BCUT2D eigenvalue weighted by atomic mass is 10.2. The van der Waals surface area contributed by atoms with Gasteiger partial charge in [0.15, 0.2) is 0 Å². The van der Waals surface area contributed by atoms with Crippen molar-refractivity contribution in [2.45, 2.75) is 26.0 Å². The van der Waals surface area contributed by atoms with Gasteiger partial charge in [-0.2, -0.15) is 5.10 Å². The molecule has 21 heavy (non-hydrogen) atoms. The molecule has 0 aliphatic rings. The van der Waals surface area contributed by atoms with Crippen molar-refractivity contribution >= 4 is 27.0 Å². The SMILES string of the molecule is CCCn1ncc(Br)c1C(O)c1cnc2ccccc2n1. The first-order valence-corrected chi connectivity index (χ1v) is 7.61. The molecule has 0 spiro atoms. The largest absolute Gasteiger partial charge is 0.380 e. The molecule has 1 aromatic carbocycles.